The van der Waals surface area contributed by atoms with Crippen molar-refractivity contribution in [1.29, 1.82) is 0 Å². The second kappa shape index (κ2) is 5.49. The molecule has 0 bridgehead atoms. The molecule has 1 saturated carbocycles. The number of thiophene rings is 1. The highest BCUT2D eigenvalue weighted by Gasteiger charge is 2.34. The highest BCUT2D eigenvalue weighted by atomic mass is 35.5. The quantitative estimate of drug-likeness (QED) is 0.842. The van der Waals surface area contributed by atoms with Crippen LogP contribution < -0.4 is 5.32 Å². The summed E-state index contributed by atoms with van der Waals surface area (Å²) >= 11 is 8.02. The summed E-state index contributed by atoms with van der Waals surface area (Å²) in [7, 11) is 0. The van der Waals surface area contributed by atoms with Crippen LogP contribution in [-0.2, 0) is 0 Å². The van der Waals surface area contributed by atoms with Crippen molar-refractivity contribution >= 4 is 39.0 Å². The maximum atomic E-state index is 6.31. The molecule has 0 radical (unpaired) electrons. The lowest BCUT2D eigenvalue weighted by molar-refractivity contribution is 0.279. The highest BCUT2D eigenvalue weighted by Crippen LogP contribution is 2.37. The van der Waals surface area contributed by atoms with E-state index in [9.17, 15) is 0 Å². The van der Waals surface area contributed by atoms with Gasteiger partial charge in [0, 0.05) is 10.8 Å². The predicted octanol–water partition coefficient (Wildman–Crippen LogP) is 4.60. The van der Waals surface area contributed by atoms with E-state index >= 15 is 0 Å². The summed E-state index contributed by atoms with van der Waals surface area (Å²) in [5.74, 6) is 2.29. The molecule has 2 aromatic rings. The van der Waals surface area contributed by atoms with Gasteiger partial charge in [-0.2, -0.15) is 0 Å². The van der Waals surface area contributed by atoms with Crippen molar-refractivity contribution in [3.8, 4) is 0 Å². The van der Waals surface area contributed by atoms with Gasteiger partial charge in [0.15, 0.2) is 0 Å². The smallest absolute Gasteiger partial charge is 0.138 e. The molecule has 5 heteroatoms. The summed E-state index contributed by atoms with van der Waals surface area (Å²) in [5.41, 5.74) is -0.0175. The van der Waals surface area contributed by atoms with Crippen molar-refractivity contribution in [2.75, 3.05) is 11.2 Å². The van der Waals surface area contributed by atoms with E-state index in [1.165, 1.54) is 17.7 Å². The zero-order chi connectivity index (χ0) is 14.2. The Labute approximate surface area is 128 Å². The molecule has 0 amide bonds. The molecule has 0 spiro atoms. The number of hydrogen-bond donors (Lipinski definition) is 1. The number of aromatic nitrogens is 2. The maximum absolute atomic E-state index is 6.31. The number of aryl methyl sites for hydroxylation is 1. The molecule has 0 aliphatic heterocycles. The molecule has 0 saturated heterocycles. The van der Waals surface area contributed by atoms with Crippen LogP contribution in [0.4, 0.5) is 5.82 Å². The molecule has 1 fully saturated rings. The van der Waals surface area contributed by atoms with E-state index in [2.05, 4.69) is 35.2 Å². The first-order chi connectivity index (χ1) is 9.62. The Morgan fingerprint density at radius 1 is 1.50 bits per heavy atom. The van der Waals surface area contributed by atoms with E-state index in [4.69, 9.17) is 11.6 Å². The minimum atomic E-state index is -0.0175. The van der Waals surface area contributed by atoms with Crippen molar-refractivity contribution in [2.24, 2.45) is 5.92 Å². The third-order valence-corrected chi connectivity index (χ3v) is 5.65. The SMILES string of the molecule is Cc1cc2c(NC3(CCl)CCCC(C)C3)ncnc2s1. The van der Waals surface area contributed by atoms with E-state index in [1.807, 2.05) is 0 Å². The van der Waals surface area contributed by atoms with Crippen molar-refractivity contribution in [1.82, 2.24) is 9.97 Å². The number of nitrogens with zero attached hydrogens (tertiary/aromatic N) is 2. The second-order valence-electron chi connectivity index (χ2n) is 6.04. The van der Waals surface area contributed by atoms with Gasteiger partial charge in [-0.3, -0.25) is 0 Å². The Morgan fingerprint density at radius 2 is 2.35 bits per heavy atom. The maximum Gasteiger partial charge on any atom is 0.138 e. The number of rotatable bonds is 3. The fraction of sp³-hybridized carbons (Fsp3) is 0.600. The zero-order valence-corrected chi connectivity index (χ0v) is 13.5. The average Bonchev–Trinajstić information content (AvgIpc) is 2.80. The summed E-state index contributed by atoms with van der Waals surface area (Å²) in [5, 5.41) is 4.78. The minimum absolute atomic E-state index is 0.0175. The summed E-state index contributed by atoms with van der Waals surface area (Å²) in [6.07, 6.45) is 6.42. The summed E-state index contributed by atoms with van der Waals surface area (Å²) < 4.78 is 0. The Bertz CT molecular complexity index is 612. The molecule has 2 atom stereocenters. The minimum Gasteiger partial charge on any atom is -0.363 e. The van der Waals surface area contributed by atoms with Gasteiger partial charge >= 0.3 is 0 Å². The zero-order valence-electron chi connectivity index (χ0n) is 11.9. The van der Waals surface area contributed by atoms with Gasteiger partial charge in [-0.25, -0.2) is 9.97 Å². The molecule has 2 aromatic heterocycles. The number of nitrogens with one attached hydrogen (secondary N) is 1. The summed E-state index contributed by atoms with van der Waals surface area (Å²) in [6, 6.07) is 2.16. The van der Waals surface area contributed by atoms with Crippen molar-refractivity contribution < 1.29 is 0 Å². The van der Waals surface area contributed by atoms with Gasteiger partial charge in [0.25, 0.3) is 0 Å². The first kappa shape index (κ1) is 14.1. The average molecular weight is 310 g/mol. The van der Waals surface area contributed by atoms with Crippen LogP contribution in [0.1, 0.15) is 37.5 Å². The van der Waals surface area contributed by atoms with E-state index in [0.717, 1.165) is 34.8 Å². The van der Waals surface area contributed by atoms with Gasteiger partial charge in [-0.05, 0) is 31.7 Å². The number of alkyl halides is 1. The Kier molecular flexibility index (Phi) is 3.87. The molecule has 1 N–H and O–H groups in total. The van der Waals surface area contributed by atoms with Crippen LogP contribution in [0, 0.1) is 12.8 Å². The lowest BCUT2D eigenvalue weighted by Gasteiger charge is -2.39. The Morgan fingerprint density at radius 3 is 3.10 bits per heavy atom. The Hall–Kier alpha value is -0.870. The van der Waals surface area contributed by atoms with Gasteiger partial charge in [0.2, 0.25) is 0 Å². The van der Waals surface area contributed by atoms with Crippen LogP contribution in [0.2, 0.25) is 0 Å². The topological polar surface area (TPSA) is 37.8 Å². The number of halogens is 1. The summed E-state index contributed by atoms with van der Waals surface area (Å²) in [4.78, 5) is 11.1. The number of hydrogen-bond acceptors (Lipinski definition) is 4. The monoisotopic (exact) mass is 309 g/mol. The Balaban J connectivity index is 1.94. The molecular weight excluding hydrogens is 290 g/mol. The van der Waals surface area contributed by atoms with Gasteiger partial charge in [-0.1, -0.05) is 19.8 Å². The van der Waals surface area contributed by atoms with E-state index in [0.29, 0.717) is 5.88 Å². The van der Waals surface area contributed by atoms with Crippen molar-refractivity contribution in [3.05, 3.63) is 17.3 Å². The van der Waals surface area contributed by atoms with Crippen LogP contribution in [0.25, 0.3) is 10.2 Å². The van der Waals surface area contributed by atoms with Crippen LogP contribution in [0.15, 0.2) is 12.4 Å². The fourth-order valence-electron chi connectivity index (χ4n) is 3.26. The van der Waals surface area contributed by atoms with Crippen LogP contribution in [0.5, 0.6) is 0 Å². The molecule has 20 heavy (non-hydrogen) atoms. The van der Waals surface area contributed by atoms with Gasteiger partial charge in [0.05, 0.1) is 10.9 Å². The molecule has 1 aliphatic rings. The largest absolute Gasteiger partial charge is 0.363 e. The third kappa shape index (κ3) is 2.63. The molecule has 2 unspecified atom stereocenters. The van der Waals surface area contributed by atoms with E-state index in [-0.39, 0.29) is 5.54 Å². The first-order valence-electron chi connectivity index (χ1n) is 7.17. The number of anilines is 1. The number of fused-ring (bicyclic) bond motifs is 1. The van der Waals surface area contributed by atoms with Crippen LogP contribution in [-0.4, -0.2) is 21.4 Å². The summed E-state index contributed by atoms with van der Waals surface area (Å²) in [6.45, 7) is 4.42. The molecule has 3 nitrogen and oxygen atoms in total. The molecule has 108 valence electrons. The lowest BCUT2D eigenvalue weighted by atomic mass is 9.77. The second-order valence-corrected chi connectivity index (χ2v) is 7.54. The standard InChI is InChI=1S/C15H20ClN3S/c1-10-4-3-5-15(7-10,8-16)19-13-12-6-11(2)20-14(12)18-9-17-13/h6,9-10H,3-5,7-8H2,1-2H3,(H,17,18,19). The van der Waals surface area contributed by atoms with E-state index < -0.39 is 0 Å². The normalized spacial score (nSPS) is 26.9. The molecule has 1 aliphatic carbocycles. The van der Waals surface area contributed by atoms with Crippen LogP contribution in [0.3, 0.4) is 0 Å². The van der Waals surface area contributed by atoms with Crippen LogP contribution >= 0.6 is 22.9 Å². The fourth-order valence-corrected chi connectivity index (χ4v) is 4.41. The third-order valence-electron chi connectivity index (χ3n) is 4.18. The molecule has 2 heterocycles. The lowest BCUT2D eigenvalue weighted by Crippen LogP contribution is -2.44. The predicted molar refractivity (Wildman–Crippen MR) is 86.9 cm³/mol. The van der Waals surface area contributed by atoms with Crippen molar-refractivity contribution in [2.45, 2.75) is 45.1 Å². The van der Waals surface area contributed by atoms with Gasteiger partial charge < -0.3 is 5.32 Å². The highest BCUT2D eigenvalue weighted by molar-refractivity contribution is 7.18. The van der Waals surface area contributed by atoms with Gasteiger partial charge in [-0.15, -0.1) is 22.9 Å². The van der Waals surface area contributed by atoms with E-state index in [1.54, 1.807) is 17.7 Å². The van der Waals surface area contributed by atoms with Crippen molar-refractivity contribution in [3.63, 3.8) is 0 Å². The first-order valence-corrected chi connectivity index (χ1v) is 8.52. The van der Waals surface area contributed by atoms with Gasteiger partial charge in [0.1, 0.15) is 17.0 Å². The molecule has 0 aromatic carbocycles. The molecule has 3 rings (SSSR count). The molecular formula is C15H20ClN3S.